The number of hydrogen-bond acceptors (Lipinski definition) is 8. The molecule has 538 valence electrons. The van der Waals surface area contributed by atoms with Crippen molar-refractivity contribution >= 4 is 15.9 Å². The molecule has 0 aromatic carbocycles. The zero-order chi connectivity index (χ0) is 64.8. The van der Waals surface area contributed by atoms with Gasteiger partial charge in [0.25, 0.3) is 0 Å². The van der Waals surface area contributed by atoms with Crippen LogP contribution in [-0.2, 0) is 0 Å². The zero-order valence-corrected chi connectivity index (χ0v) is 65.1. The van der Waals surface area contributed by atoms with Crippen LogP contribution in [-0.4, -0.2) is 156 Å². The van der Waals surface area contributed by atoms with Crippen molar-refractivity contribution in [3.8, 4) is 0 Å². The molecular formula is C80H170BrLiN8. The number of hydrogen-bond donors (Lipinski definition) is 4. The van der Waals surface area contributed by atoms with Crippen LogP contribution in [0.4, 0.5) is 0 Å². The Morgan fingerprint density at radius 3 is 0.489 bits per heavy atom. The maximum Gasteiger partial charge on any atom is 1.00 e. The van der Waals surface area contributed by atoms with Crippen LogP contribution in [0.1, 0.15) is 375 Å². The third-order valence-electron chi connectivity index (χ3n) is 19.0. The molecule has 10 heteroatoms. The van der Waals surface area contributed by atoms with Crippen molar-refractivity contribution in [1.29, 1.82) is 0 Å². The van der Waals surface area contributed by atoms with Crippen molar-refractivity contribution in [1.82, 2.24) is 40.9 Å². The predicted molar refractivity (Wildman–Crippen MR) is 411 cm³/mol. The van der Waals surface area contributed by atoms with E-state index in [9.17, 15) is 0 Å². The average Bonchev–Trinajstić information content (AvgIpc) is 3.58. The third kappa shape index (κ3) is 81.2. The first kappa shape index (κ1) is 94.9. The van der Waals surface area contributed by atoms with Gasteiger partial charge in [0.15, 0.2) is 0 Å². The van der Waals surface area contributed by atoms with Crippen molar-refractivity contribution in [2.75, 3.05) is 136 Å². The number of halogens is 1. The van der Waals surface area contributed by atoms with Crippen molar-refractivity contribution in [3.05, 3.63) is 6.92 Å². The summed E-state index contributed by atoms with van der Waals surface area (Å²) in [5.41, 5.74) is 0. The normalized spacial score (nSPS) is 15.6. The van der Waals surface area contributed by atoms with Gasteiger partial charge in [-0.2, -0.15) is 6.42 Å². The first-order valence-corrected chi connectivity index (χ1v) is 42.3. The molecule has 2 heterocycles. The minimum atomic E-state index is 0. The first-order chi connectivity index (χ1) is 44.1. The Kier molecular flexibility index (Phi) is 92.6. The number of nitrogens with zero attached hydrogens (tertiary/aromatic N) is 4. The largest absolute Gasteiger partial charge is 1.00 e. The van der Waals surface area contributed by atoms with Crippen LogP contribution >= 0.6 is 15.9 Å². The van der Waals surface area contributed by atoms with E-state index in [0.717, 1.165) is 58.8 Å². The monoisotopic (exact) mass is 1330 g/mol. The summed E-state index contributed by atoms with van der Waals surface area (Å²) < 4.78 is 0. The molecule has 0 amide bonds. The van der Waals surface area contributed by atoms with E-state index in [0.29, 0.717) is 0 Å². The van der Waals surface area contributed by atoms with Gasteiger partial charge >= 0.3 is 18.9 Å². The summed E-state index contributed by atoms with van der Waals surface area (Å²) in [6, 6.07) is 0. The molecule has 0 saturated carbocycles. The second-order valence-electron chi connectivity index (χ2n) is 27.8. The molecule has 8 nitrogen and oxygen atoms in total. The average molecular weight is 1330 g/mol. The Morgan fingerprint density at radius 2 is 0.356 bits per heavy atom. The Balaban J connectivity index is -0.00000204. The molecule has 0 atom stereocenters. The Hall–Kier alpha value is 0.757. The molecule has 0 aromatic rings. The van der Waals surface area contributed by atoms with Gasteiger partial charge in [0.05, 0.1) is 0 Å². The van der Waals surface area contributed by atoms with E-state index < -0.39 is 0 Å². The van der Waals surface area contributed by atoms with Crippen LogP contribution in [0.5, 0.6) is 0 Å². The molecule has 0 bridgehead atoms. The summed E-state index contributed by atoms with van der Waals surface area (Å²) in [7, 11) is 0. The Labute approximate surface area is 590 Å². The molecule has 0 unspecified atom stereocenters. The third-order valence-corrected chi connectivity index (χ3v) is 19.6. The van der Waals surface area contributed by atoms with E-state index in [4.69, 9.17) is 0 Å². The minimum Gasteiger partial charge on any atom is -0.343 e. The first-order valence-electron chi connectivity index (χ1n) is 41.1. The van der Waals surface area contributed by atoms with Gasteiger partial charge in [-0.3, -0.25) is 0 Å². The summed E-state index contributed by atoms with van der Waals surface area (Å²) in [6.07, 6.45) is 74.1. The van der Waals surface area contributed by atoms with Gasteiger partial charge in [0.1, 0.15) is 0 Å². The molecular weight excluding hydrogens is 1160 g/mol. The molecule has 2 aliphatic rings. The molecule has 0 aliphatic carbocycles. The van der Waals surface area contributed by atoms with E-state index in [2.05, 4.69) is 105 Å². The second kappa shape index (κ2) is 87.8. The molecule has 0 spiro atoms. The standard InChI is InChI=1S/C56H116N4.C12H25Br.C8H20N4.C4H9.Li/c1-5-9-13-17-21-25-29-33-37-41-45-57-49-51-58(46-42-38-34-30-26-22-18-14-10-6-2)53-55-60(48-44-40-36-32-28-24-20-16-12-8-4)56-54-59(52-50-57)47-43-39-35-31-27-23-19-15-11-7-3;1-2-3-4-5-6-7-8-9-10-11-12-13;1-2-10-5-6-12-8-7-11-4-3-9-1;1-3-4-2;/h5-56H2,1-4H3;2-12H2,1H3;9-12H,1-8H2;1,3-4H2,2H3;/q;;;-1;+1. The fraction of sp³-hybridized carbons (Fsp3) is 0.988. The maximum absolute atomic E-state index is 3.60. The van der Waals surface area contributed by atoms with Crippen LogP contribution < -0.4 is 40.1 Å². The summed E-state index contributed by atoms with van der Waals surface area (Å²) in [5.74, 6) is 0. The number of alkyl halides is 1. The summed E-state index contributed by atoms with van der Waals surface area (Å²) >= 11 is 3.46. The number of rotatable bonds is 55. The SMILES string of the molecule is C1CNCCNCCNCCN1.CCCCCCCCCCCCBr.CCCCCCCCCCCCN1CCN(CCCCCCCCCCCC)CCN(CCCCCCCCCCCC)CCN(CCCCCCCCCCCC)CC1.[CH2-]CCC.[Li+]. The van der Waals surface area contributed by atoms with Gasteiger partial charge in [-0.1, -0.05) is 353 Å². The summed E-state index contributed by atoms with van der Waals surface area (Å²) in [4.78, 5) is 11.6. The molecule has 2 fully saturated rings. The Morgan fingerprint density at radius 1 is 0.222 bits per heavy atom. The molecule has 2 aliphatic heterocycles. The van der Waals surface area contributed by atoms with E-state index in [1.54, 1.807) is 0 Å². The van der Waals surface area contributed by atoms with Gasteiger partial charge in [-0.15, -0.1) is 0 Å². The van der Waals surface area contributed by atoms with Gasteiger partial charge in [0.2, 0.25) is 0 Å². The van der Waals surface area contributed by atoms with Crippen LogP contribution in [0.3, 0.4) is 0 Å². The zero-order valence-electron chi connectivity index (χ0n) is 63.5. The molecule has 4 N–H and O–H groups in total. The molecule has 0 radical (unpaired) electrons. The van der Waals surface area contributed by atoms with E-state index in [1.807, 2.05) is 0 Å². The van der Waals surface area contributed by atoms with E-state index in [-0.39, 0.29) is 18.9 Å². The number of unbranched alkanes of at least 4 members (excludes halogenated alkanes) is 46. The molecule has 2 rings (SSSR count). The van der Waals surface area contributed by atoms with Crippen molar-refractivity contribution < 1.29 is 18.9 Å². The molecule has 0 aromatic heterocycles. The van der Waals surface area contributed by atoms with Crippen LogP contribution in [0.25, 0.3) is 0 Å². The fourth-order valence-electron chi connectivity index (χ4n) is 12.6. The topological polar surface area (TPSA) is 61.1 Å². The smallest absolute Gasteiger partial charge is 0.343 e. The maximum atomic E-state index is 3.60. The Bertz CT molecular complexity index is 1010. The van der Waals surface area contributed by atoms with Crippen molar-refractivity contribution in [3.63, 3.8) is 0 Å². The quantitative estimate of drug-likeness (QED) is 0.0208. The van der Waals surface area contributed by atoms with E-state index >= 15 is 0 Å². The molecule has 90 heavy (non-hydrogen) atoms. The van der Waals surface area contributed by atoms with Gasteiger partial charge in [-0.05, 0) is 58.3 Å². The predicted octanol–water partition coefficient (Wildman–Crippen LogP) is 19.2. The van der Waals surface area contributed by atoms with Gasteiger partial charge in [-0.25, -0.2) is 0 Å². The van der Waals surface area contributed by atoms with Crippen molar-refractivity contribution in [2.45, 2.75) is 375 Å². The van der Waals surface area contributed by atoms with Gasteiger partial charge < -0.3 is 47.8 Å². The second-order valence-corrected chi connectivity index (χ2v) is 28.6. The van der Waals surface area contributed by atoms with Crippen LogP contribution in [0.15, 0.2) is 0 Å². The van der Waals surface area contributed by atoms with E-state index in [1.165, 1.54) is 411 Å². The summed E-state index contributed by atoms with van der Waals surface area (Å²) in [6.45, 7) is 41.4. The van der Waals surface area contributed by atoms with Crippen LogP contribution in [0.2, 0.25) is 0 Å². The van der Waals surface area contributed by atoms with Crippen molar-refractivity contribution in [2.24, 2.45) is 0 Å². The number of nitrogens with one attached hydrogen (secondary N) is 4. The summed E-state index contributed by atoms with van der Waals surface area (Å²) in [5, 5.41) is 14.6. The molecule has 2 saturated heterocycles. The van der Waals surface area contributed by atoms with Gasteiger partial charge in [0, 0.05) is 110 Å². The van der Waals surface area contributed by atoms with Crippen LogP contribution in [0, 0.1) is 6.92 Å². The fourth-order valence-corrected chi connectivity index (χ4v) is 12.9. The minimum absolute atomic E-state index is 0.